The topological polar surface area (TPSA) is 45.2 Å². The first kappa shape index (κ1) is 10.9. The van der Waals surface area contributed by atoms with Gasteiger partial charge in [0.15, 0.2) is 0 Å². The number of carbonyl (C=O) groups excluding carboxylic acids is 1. The summed E-state index contributed by atoms with van der Waals surface area (Å²) >= 11 is 0. The van der Waals surface area contributed by atoms with Crippen molar-refractivity contribution in [3.05, 3.63) is 23.4 Å². The smallest absolute Gasteiger partial charge is 0.254 e. The third-order valence-electron chi connectivity index (χ3n) is 2.87. The van der Waals surface area contributed by atoms with Crippen molar-refractivity contribution in [2.24, 2.45) is 0 Å². The maximum Gasteiger partial charge on any atom is 0.254 e. The first-order valence-electron chi connectivity index (χ1n) is 5.55. The van der Waals surface area contributed by atoms with E-state index in [0.717, 1.165) is 24.4 Å². The number of anilines is 1. The Morgan fingerprint density at radius 1 is 1.50 bits per heavy atom. The van der Waals surface area contributed by atoms with E-state index >= 15 is 0 Å². The van der Waals surface area contributed by atoms with Crippen LogP contribution in [0.4, 0.5) is 5.82 Å². The highest BCUT2D eigenvalue weighted by molar-refractivity contribution is 5.95. The SMILES string of the molecule is CNc1cc(C(=O)N(C)C2CC2)cc(C)n1. The minimum Gasteiger partial charge on any atom is -0.373 e. The number of carbonyl (C=O) groups is 1. The first-order valence-corrected chi connectivity index (χ1v) is 5.55. The summed E-state index contributed by atoms with van der Waals surface area (Å²) in [5, 5.41) is 2.96. The van der Waals surface area contributed by atoms with Gasteiger partial charge in [-0.2, -0.15) is 0 Å². The van der Waals surface area contributed by atoms with E-state index in [4.69, 9.17) is 0 Å². The maximum absolute atomic E-state index is 12.1. The molecule has 2 rings (SSSR count). The van der Waals surface area contributed by atoms with Crippen molar-refractivity contribution < 1.29 is 4.79 Å². The molecule has 86 valence electrons. The molecule has 0 spiro atoms. The first-order chi connectivity index (χ1) is 7.61. The van der Waals surface area contributed by atoms with Gasteiger partial charge in [-0.3, -0.25) is 4.79 Å². The average molecular weight is 219 g/mol. The summed E-state index contributed by atoms with van der Waals surface area (Å²) in [4.78, 5) is 18.2. The summed E-state index contributed by atoms with van der Waals surface area (Å²) in [6.07, 6.45) is 2.26. The molecule has 1 aliphatic carbocycles. The van der Waals surface area contributed by atoms with Crippen molar-refractivity contribution in [1.29, 1.82) is 0 Å². The Bertz CT molecular complexity index is 413. The minimum absolute atomic E-state index is 0.0875. The lowest BCUT2D eigenvalue weighted by Crippen LogP contribution is -2.28. The fraction of sp³-hybridized carbons (Fsp3) is 0.500. The number of hydrogen-bond acceptors (Lipinski definition) is 3. The summed E-state index contributed by atoms with van der Waals surface area (Å²) < 4.78 is 0. The van der Waals surface area contributed by atoms with Gasteiger partial charge in [-0.15, -0.1) is 0 Å². The van der Waals surface area contributed by atoms with E-state index in [-0.39, 0.29) is 5.91 Å². The number of pyridine rings is 1. The molecule has 4 nitrogen and oxygen atoms in total. The number of nitrogens with one attached hydrogen (secondary N) is 1. The van der Waals surface area contributed by atoms with Crippen LogP contribution in [0.25, 0.3) is 0 Å². The molecule has 1 heterocycles. The van der Waals surface area contributed by atoms with Crippen molar-refractivity contribution in [3.8, 4) is 0 Å². The van der Waals surface area contributed by atoms with Gasteiger partial charge in [0.1, 0.15) is 5.82 Å². The molecule has 1 aromatic heterocycles. The summed E-state index contributed by atoms with van der Waals surface area (Å²) in [7, 11) is 3.68. The van der Waals surface area contributed by atoms with Crippen LogP contribution in [0.5, 0.6) is 0 Å². The molecule has 0 aliphatic heterocycles. The second-order valence-electron chi connectivity index (χ2n) is 4.28. The molecule has 0 radical (unpaired) electrons. The minimum atomic E-state index is 0.0875. The van der Waals surface area contributed by atoms with Gasteiger partial charge in [0.05, 0.1) is 0 Å². The van der Waals surface area contributed by atoms with Crippen LogP contribution >= 0.6 is 0 Å². The zero-order valence-corrected chi connectivity index (χ0v) is 9.95. The highest BCUT2D eigenvalue weighted by Gasteiger charge is 2.30. The van der Waals surface area contributed by atoms with Crippen molar-refractivity contribution in [2.75, 3.05) is 19.4 Å². The van der Waals surface area contributed by atoms with Gasteiger partial charge in [0, 0.05) is 31.4 Å². The zero-order valence-electron chi connectivity index (χ0n) is 9.95. The molecule has 0 aromatic carbocycles. The third kappa shape index (κ3) is 2.15. The Morgan fingerprint density at radius 3 is 2.75 bits per heavy atom. The van der Waals surface area contributed by atoms with Gasteiger partial charge < -0.3 is 10.2 Å². The molecule has 4 heteroatoms. The van der Waals surface area contributed by atoms with E-state index in [2.05, 4.69) is 10.3 Å². The number of hydrogen-bond donors (Lipinski definition) is 1. The molecular weight excluding hydrogens is 202 g/mol. The van der Waals surface area contributed by atoms with E-state index in [1.165, 1.54) is 0 Å². The molecule has 0 unspecified atom stereocenters. The Morgan fingerprint density at radius 2 is 2.19 bits per heavy atom. The number of aromatic nitrogens is 1. The Hall–Kier alpha value is -1.58. The van der Waals surface area contributed by atoms with E-state index in [9.17, 15) is 4.79 Å². The molecular formula is C12H17N3O. The largest absolute Gasteiger partial charge is 0.373 e. The van der Waals surface area contributed by atoms with Crippen LogP contribution in [0, 0.1) is 6.92 Å². The van der Waals surface area contributed by atoms with Gasteiger partial charge in [-0.05, 0) is 31.9 Å². The fourth-order valence-electron chi connectivity index (χ4n) is 1.75. The number of amides is 1. The van der Waals surface area contributed by atoms with Gasteiger partial charge >= 0.3 is 0 Å². The van der Waals surface area contributed by atoms with Crippen molar-refractivity contribution in [2.45, 2.75) is 25.8 Å². The molecule has 0 bridgehead atoms. The molecule has 1 aromatic rings. The van der Waals surface area contributed by atoms with E-state index in [1.54, 1.807) is 13.1 Å². The van der Waals surface area contributed by atoms with Crippen molar-refractivity contribution >= 4 is 11.7 Å². The molecule has 0 saturated heterocycles. The molecule has 1 aliphatic rings. The third-order valence-corrected chi connectivity index (χ3v) is 2.87. The van der Waals surface area contributed by atoms with E-state index in [1.807, 2.05) is 24.9 Å². The quantitative estimate of drug-likeness (QED) is 0.841. The van der Waals surface area contributed by atoms with Crippen molar-refractivity contribution in [3.63, 3.8) is 0 Å². The van der Waals surface area contributed by atoms with Crippen LogP contribution < -0.4 is 5.32 Å². The van der Waals surface area contributed by atoms with E-state index in [0.29, 0.717) is 11.6 Å². The fourth-order valence-corrected chi connectivity index (χ4v) is 1.75. The Balaban J connectivity index is 2.24. The lowest BCUT2D eigenvalue weighted by Gasteiger charge is -2.16. The van der Waals surface area contributed by atoms with Gasteiger partial charge in [0.25, 0.3) is 5.91 Å². The lowest BCUT2D eigenvalue weighted by molar-refractivity contribution is 0.0785. The molecule has 1 N–H and O–H groups in total. The molecule has 1 fully saturated rings. The average Bonchev–Trinajstić information content (AvgIpc) is 3.10. The predicted molar refractivity (Wildman–Crippen MR) is 63.6 cm³/mol. The molecule has 1 amide bonds. The van der Waals surface area contributed by atoms with Crippen LogP contribution in [-0.2, 0) is 0 Å². The van der Waals surface area contributed by atoms with Crippen LogP contribution in [0.3, 0.4) is 0 Å². The standard InChI is InChI=1S/C12H17N3O/c1-8-6-9(7-11(13-2)14-8)12(16)15(3)10-4-5-10/h6-7,10H,4-5H2,1-3H3,(H,13,14). The Kier molecular flexibility index (Phi) is 2.81. The van der Waals surface area contributed by atoms with E-state index < -0.39 is 0 Å². The van der Waals surface area contributed by atoms with Crippen LogP contribution in [0.2, 0.25) is 0 Å². The zero-order chi connectivity index (χ0) is 11.7. The normalized spacial score (nSPS) is 14.7. The summed E-state index contributed by atoms with van der Waals surface area (Å²) in [6, 6.07) is 4.08. The molecule has 1 saturated carbocycles. The highest BCUT2D eigenvalue weighted by Crippen LogP contribution is 2.27. The van der Waals surface area contributed by atoms with Crippen LogP contribution in [0.1, 0.15) is 28.9 Å². The summed E-state index contributed by atoms with van der Waals surface area (Å²) in [5.74, 6) is 0.831. The molecule has 0 atom stereocenters. The van der Waals surface area contributed by atoms with Crippen LogP contribution in [0.15, 0.2) is 12.1 Å². The highest BCUT2D eigenvalue weighted by atomic mass is 16.2. The van der Waals surface area contributed by atoms with Gasteiger partial charge in [-0.1, -0.05) is 0 Å². The van der Waals surface area contributed by atoms with Crippen LogP contribution in [-0.4, -0.2) is 35.9 Å². The van der Waals surface area contributed by atoms with Gasteiger partial charge in [0.2, 0.25) is 0 Å². The second kappa shape index (κ2) is 4.12. The number of aryl methyl sites for hydroxylation is 1. The maximum atomic E-state index is 12.1. The lowest BCUT2D eigenvalue weighted by atomic mass is 10.2. The number of rotatable bonds is 3. The monoisotopic (exact) mass is 219 g/mol. The van der Waals surface area contributed by atoms with Gasteiger partial charge in [-0.25, -0.2) is 4.98 Å². The second-order valence-corrected chi connectivity index (χ2v) is 4.28. The molecule has 16 heavy (non-hydrogen) atoms. The summed E-state index contributed by atoms with van der Waals surface area (Å²) in [6.45, 7) is 1.90. The number of nitrogens with zero attached hydrogens (tertiary/aromatic N) is 2. The van der Waals surface area contributed by atoms with Crippen molar-refractivity contribution in [1.82, 2.24) is 9.88 Å². The Labute approximate surface area is 95.7 Å². The predicted octanol–water partition coefficient (Wildman–Crippen LogP) is 1.67. The summed E-state index contributed by atoms with van der Waals surface area (Å²) in [5.41, 5.74) is 1.57.